The molecule has 80 valence electrons. The van der Waals surface area contributed by atoms with E-state index in [1.54, 1.807) is 31.5 Å². The highest BCUT2D eigenvalue weighted by molar-refractivity contribution is 5.87. The third kappa shape index (κ3) is 1.88. The Morgan fingerprint density at radius 1 is 1.38 bits per heavy atom. The summed E-state index contributed by atoms with van der Waals surface area (Å²) in [5, 5.41) is 16.3. The van der Waals surface area contributed by atoms with Crippen LogP contribution in [0.15, 0.2) is 30.6 Å². The molecular formula is C11H9N3O2. The summed E-state index contributed by atoms with van der Waals surface area (Å²) in [4.78, 5) is 14.7. The van der Waals surface area contributed by atoms with Gasteiger partial charge in [0.1, 0.15) is 0 Å². The molecule has 0 aliphatic carbocycles. The van der Waals surface area contributed by atoms with Crippen molar-refractivity contribution >= 4 is 5.97 Å². The molecule has 0 fully saturated rings. The molecule has 0 amide bonds. The van der Waals surface area contributed by atoms with Crippen LogP contribution >= 0.6 is 0 Å². The molecule has 0 aromatic carbocycles. The van der Waals surface area contributed by atoms with E-state index in [9.17, 15) is 4.79 Å². The fraction of sp³-hybridized carbons (Fsp3) is 0.0909. The number of carboxylic acid groups (broad SMARTS) is 1. The van der Waals surface area contributed by atoms with Gasteiger partial charge in [0, 0.05) is 18.0 Å². The normalized spacial score (nSPS) is 10.1. The van der Waals surface area contributed by atoms with Crippen LogP contribution in [0, 0.1) is 6.92 Å². The van der Waals surface area contributed by atoms with Gasteiger partial charge >= 0.3 is 5.97 Å². The van der Waals surface area contributed by atoms with Gasteiger partial charge in [-0.15, -0.1) is 10.2 Å². The van der Waals surface area contributed by atoms with Crippen LogP contribution < -0.4 is 0 Å². The van der Waals surface area contributed by atoms with Gasteiger partial charge in [0.05, 0.1) is 5.69 Å². The number of carboxylic acids is 1. The lowest BCUT2D eigenvalue weighted by molar-refractivity contribution is 0.0688. The number of aromatic nitrogens is 3. The third-order valence-electron chi connectivity index (χ3n) is 2.14. The second-order valence-electron chi connectivity index (χ2n) is 3.31. The average Bonchev–Trinajstić information content (AvgIpc) is 2.29. The van der Waals surface area contributed by atoms with E-state index in [2.05, 4.69) is 15.2 Å². The topological polar surface area (TPSA) is 76.0 Å². The van der Waals surface area contributed by atoms with E-state index in [4.69, 9.17) is 5.11 Å². The monoisotopic (exact) mass is 215 g/mol. The summed E-state index contributed by atoms with van der Waals surface area (Å²) in [6.45, 7) is 1.69. The quantitative estimate of drug-likeness (QED) is 0.822. The first kappa shape index (κ1) is 10.2. The lowest BCUT2D eigenvalue weighted by Crippen LogP contribution is -2.05. The molecule has 5 nitrogen and oxygen atoms in total. The second kappa shape index (κ2) is 4.06. The molecule has 0 bridgehead atoms. The van der Waals surface area contributed by atoms with Crippen molar-refractivity contribution in [1.82, 2.24) is 15.2 Å². The smallest absolute Gasteiger partial charge is 0.356 e. The summed E-state index contributed by atoms with van der Waals surface area (Å²) in [5.41, 5.74) is 2.00. The molecule has 0 aliphatic rings. The van der Waals surface area contributed by atoms with E-state index >= 15 is 0 Å². The molecule has 0 saturated carbocycles. The van der Waals surface area contributed by atoms with Crippen molar-refractivity contribution in [2.75, 3.05) is 0 Å². The molecule has 0 atom stereocenters. The minimum absolute atomic E-state index is 0.0207. The fourth-order valence-corrected chi connectivity index (χ4v) is 1.35. The first-order chi connectivity index (χ1) is 7.68. The summed E-state index contributed by atoms with van der Waals surface area (Å²) < 4.78 is 0. The number of pyridine rings is 1. The van der Waals surface area contributed by atoms with Gasteiger partial charge < -0.3 is 5.11 Å². The molecule has 1 N–H and O–H groups in total. The lowest BCUT2D eigenvalue weighted by atomic mass is 10.1. The molecule has 2 heterocycles. The summed E-state index contributed by atoms with van der Waals surface area (Å²) >= 11 is 0. The number of carbonyl (C=O) groups is 1. The maximum absolute atomic E-state index is 10.8. The summed E-state index contributed by atoms with van der Waals surface area (Å²) in [6, 6.07) is 5.32. The van der Waals surface area contributed by atoms with Gasteiger partial charge in [-0.3, -0.25) is 4.98 Å². The SMILES string of the molecule is Cc1cc(-c2cccnc2)nnc1C(=O)O. The van der Waals surface area contributed by atoms with Crippen LogP contribution in [0.3, 0.4) is 0 Å². The van der Waals surface area contributed by atoms with E-state index in [-0.39, 0.29) is 5.69 Å². The zero-order chi connectivity index (χ0) is 11.5. The number of hydrogen-bond acceptors (Lipinski definition) is 4. The van der Waals surface area contributed by atoms with Crippen molar-refractivity contribution in [2.45, 2.75) is 6.92 Å². The fourth-order valence-electron chi connectivity index (χ4n) is 1.35. The molecule has 16 heavy (non-hydrogen) atoms. The maximum Gasteiger partial charge on any atom is 0.356 e. The van der Waals surface area contributed by atoms with E-state index in [0.29, 0.717) is 11.3 Å². The molecule has 5 heteroatoms. The van der Waals surface area contributed by atoms with Gasteiger partial charge in [-0.25, -0.2) is 4.79 Å². The molecule has 2 rings (SSSR count). The predicted octanol–water partition coefficient (Wildman–Crippen LogP) is 1.55. The Morgan fingerprint density at radius 2 is 2.19 bits per heavy atom. The molecule has 0 unspecified atom stereocenters. The van der Waals surface area contributed by atoms with E-state index in [0.717, 1.165) is 5.56 Å². The highest BCUT2D eigenvalue weighted by atomic mass is 16.4. The Labute approximate surface area is 91.8 Å². The van der Waals surface area contributed by atoms with Crippen molar-refractivity contribution in [2.24, 2.45) is 0 Å². The molecule has 0 spiro atoms. The Hall–Kier alpha value is -2.30. The zero-order valence-electron chi connectivity index (χ0n) is 8.58. The standard InChI is InChI=1S/C11H9N3O2/c1-7-5-9(8-3-2-4-12-6-8)13-14-10(7)11(15)16/h2-6H,1H3,(H,15,16). The summed E-state index contributed by atoms with van der Waals surface area (Å²) in [6.07, 6.45) is 3.32. The van der Waals surface area contributed by atoms with Crippen LogP contribution in [0.2, 0.25) is 0 Å². The van der Waals surface area contributed by atoms with Crippen molar-refractivity contribution in [3.8, 4) is 11.3 Å². The lowest BCUT2D eigenvalue weighted by Gasteiger charge is -2.02. The largest absolute Gasteiger partial charge is 0.476 e. The van der Waals surface area contributed by atoms with E-state index in [1.165, 1.54) is 0 Å². The van der Waals surface area contributed by atoms with Crippen LogP contribution in [0.1, 0.15) is 16.1 Å². The van der Waals surface area contributed by atoms with Gasteiger partial charge in [-0.05, 0) is 30.7 Å². The Morgan fingerprint density at radius 3 is 2.75 bits per heavy atom. The predicted molar refractivity (Wildman–Crippen MR) is 57.0 cm³/mol. The van der Waals surface area contributed by atoms with Crippen molar-refractivity contribution < 1.29 is 9.90 Å². The van der Waals surface area contributed by atoms with Crippen molar-refractivity contribution in [3.63, 3.8) is 0 Å². The first-order valence-electron chi connectivity index (χ1n) is 4.66. The summed E-state index contributed by atoms with van der Waals surface area (Å²) in [7, 11) is 0. The number of rotatable bonds is 2. The molecule has 0 saturated heterocycles. The van der Waals surface area contributed by atoms with Crippen LogP contribution in [0.25, 0.3) is 11.3 Å². The first-order valence-corrected chi connectivity index (χ1v) is 4.66. The minimum atomic E-state index is -1.07. The Bertz CT molecular complexity index is 526. The van der Waals surface area contributed by atoms with Gasteiger partial charge in [0.2, 0.25) is 0 Å². The molecule has 2 aromatic rings. The highest BCUT2D eigenvalue weighted by Crippen LogP contribution is 2.16. The molecular weight excluding hydrogens is 206 g/mol. The highest BCUT2D eigenvalue weighted by Gasteiger charge is 2.11. The maximum atomic E-state index is 10.8. The Balaban J connectivity index is 2.46. The van der Waals surface area contributed by atoms with Crippen molar-refractivity contribution in [1.29, 1.82) is 0 Å². The molecule has 0 radical (unpaired) electrons. The Kier molecular flexibility index (Phi) is 2.59. The number of aromatic carboxylic acids is 1. The van der Waals surface area contributed by atoms with Crippen molar-refractivity contribution in [3.05, 3.63) is 41.9 Å². The summed E-state index contributed by atoms with van der Waals surface area (Å²) in [5.74, 6) is -1.07. The molecule has 0 aliphatic heterocycles. The number of nitrogens with zero attached hydrogens (tertiary/aromatic N) is 3. The number of hydrogen-bond donors (Lipinski definition) is 1. The number of aryl methyl sites for hydroxylation is 1. The van der Waals surface area contributed by atoms with E-state index < -0.39 is 5.97 Å². The van der Waals surface area contributed by atoms with Crippen LogP contribution in [0.4, 0.5) is 0 Å². The zero-order valence-corrected chi connectivity index (χ0v) is 8.58. The van der Waals surface area contributed by atoms with E-state index in [1.807, 2.05) is 6.07 Å². The van der Waals surface area contributed by atoms with Crippen LogP contribution in [0.5, 0.6) is 0 Å². The van der Waals surface area contributed by atoms with Gasteiger partial charge in [-0.2, -0.15) is 0 Å². The van der Waals surface area contributed by atoms with Crippen LogP contribution in [-0.2, 0) is 0 Å². The second-order valence-corrected chi connectivity index (χ2v) is 3.31. The van der Waals surface area contributed by atoms with Crippen LogP contribution in [-0.4, -0.2) is 26.3 Å². The average molecular weight is 215 g/mol. The van der Waals surface area contributed by atoms with Gasteiger partial charge in [0.25, 0.3) is 0 Å². The third-order valence-corrected chi connectivity index (χ3v) is 2.14. The molecule has 2 aromatic heterocycles. The van der Waals surface area contributed by atoms with Gasteiger partial charge in [0.15, 0.2) is 5.69 Å². The minimum Gasteiger partial charge on any atom is -0.476 e. The van der Waals surface area contributed by atoms with Gasteiger partial charge in [-0.1, -0.05) is 0 Å².